The van der Waals surface area contributed by atoms with Gasteiger partial charge in [-0.25, -0.2) is 9.78 Å². The number of nitrogens with zero attached hydrogens (tertiary/aromatic N) is 2. The third-order valence-electron chi connectivity index (χ3n) is 3.13. The van der Waals surface area contributed by atoms with Gasteiger partial charge in [0, 0.05) is 12.3 Å². The Hall–Kier alpha value is -2.70. The predicted molar refractivity (Wildman–Crippen MR) is 75.5 cm³/mol. The molecule has 1 fully saturated rings. The van der Waals surface area contributed by atoms with Gasteiger partial charge in [-0.2, -0.15) is 0 Å². The Kier molecular flexibility index (Phi) is 4.32. The maximum Gasteiger partial charge on any atom is 0.328 e. The van der Waals surface area contributed by atoms with E-state index in [2.05, 4.69) is 10.3 Å². The van der Waals surface area contributed by atoms with Crippen LogP contribution < -0.4 is 10.2 Å². The first-order chi connectivity index (χ1) is 10.0. The second-order valence-electron chi connectivity index (χ2n) is 4.59. The zero-order chi connectivity index (χ0) is 15.4. The minimum atomic E-state index is -1.04. The summed E-state index contributed by atoms with van der Waals surface area (Å²) in [6, 6.07) is 2.91. The van der Waals surface area contributed by atoms with Crippen molar-refractivity contribution in [2.75, 3.05) is 11.4 Å². The Balaban J connectivity index is 2.22. The van der Waals surface area contributed by atoms with E-state index >= 15 is 0 Å². The van der Waals surface area contributed by atoms with Gasteiger partial charge in [0.2, 0.25) is 11.8 Å². The van der Waals surface area contributed by atoms with Gasteiger partial charge in [0.25, 0.3) is 0 Å². The third-order valence-corrected chi connectivity index (χ3v) is 3.13. The second-order valence-corrected chi connectivity index (χ2v) is 4.59. The number of imide groups is 1. The highest BCUT2D eigenvalue weighted by atomic mass is 16.4. The number of aliphatic carboxylic acids is 1. The molecule has 7 heteroatoms. The summed E-state index contributed by atoms with van der Waals surface area (Å²) in [4.78, 5) is 39.6. The van der Waals surface area contributed by atoms with Crippen LogP contribution in [0.1, 0.15) is 18.9 Å². The molecule has 2 N–H and O–H groups in total. The Morgan fingerprint density at radius 3 is 2.86 bits per heavy atom. The van der Waals surface area contributed by atoms with Crippen LogP contribution in [0.15, 0.2) is 24.4 Å². The minimum Gasteiger partial charge on any atom is -0.478 e. The third kappa shape index (κ3) is 3.44. The van der Waals surface area contributed by atoms with E-state index in [1.165, 1.54) is 12.3 Å². The van der Waals surface area contributed by atoms with Gasteiger partial charge in [-0.3, -0.25) is 14.9 Å². The lowest BCUT2D eigenvalue weighted by molar-refractivity contribution is -0.133. The van der Waals surface area contributed by atoms with E-state index < -0.39 is 12.0 Å². The number of carbonyl (C=O) groups excluding carboxylic acids is 2. The van der Waals surface area contributed by atoms with Gasteiger partial charge in [-0.05, 0) is 30.2 Å². The molecule has 1 aliphatic heterocycles. The molecule has 0 spiro atoms. The first-order valence-corrected chi connectivity index (χ1v) is 6.48. The van der Waals surface area contributed by atoms with Gasteiger partial charge in [-0.15, -0.1) is 0 Å². The number of carbonyl (C=O) groups is 3. The van der Waals surface area contributed by atoms with E-state index in [-0.39, 0.29) is 18.4 Å². The smallest absolute Gasteiger partial charge is 0.328 e. The molecule has 0 saturated carbocycles. The molecule has 7 nitrogen and oxygen atoms in total. The van der Waals surface area contributed by atoms with Gasteiger partial charge in [-0.1, -0.05) is 6.92 Å². The van der Waals surface area contributed by atoms with E-state index in [0.29, 0.717) is 17.8 Å². The molecule has 0 aliphatic carbocycles. The summed E-state index contributed by atoms with van der Waals surface area (Å²) in [7, 11) is 0. The molecule has 2 heterocycles. The van der Waals surface area contributed by atoms with Crippen molar-refractivity contribution >= 4 is 29.7 Å². The molecule has 2 rings (SSSR count). The lowest BCUT2D eigenvalue weighted by Crippen LogP contribution is -2.58. The van der Waals surface area contributed by atoms with Gasteiger partial charge >= 0.3 is 5.97 Å². The van der Waals surface area contributed by atoms with Crippen molar-refractivity contribution < 1.29 is 19.5 Å². The van der Waals surface area contributed by atoms with Crippen molar-refractivity contribution in [1.82, 2.24) is 10.3 Å². The summed E-state index contributed by atoms with van der Waals surface area (Å²) in [5, 5.41) is 10.9. The topological polar surface area (TPSA) is 99.6 Å². The normalized spacial score (nSPS) is 18.9. The van der Waals surface area contributed by atoms with E-state index in [9.17, 15) is 14.4 Å². The van der Waals surface area contributed by atoms with Crippen LogP contribution in [0.5, 0.6) is 0 Å². The fraction of sp³-hybridized carbons (Fsp3) is 0.286. The van der Waals surface area contributed by atoms with E-state index in [0.717, 1.165) is 6.08 Å². The van der Waals surface area contributed by atoms with Crippen LogP contribution in [0, 0.1) is 0 Å². The fourth-order valence-electron chi connectivity index (χ4n) is 2.15. The largest absolute Gasteiger partial charge is 0.478 e. The first kappa shape index (κ1) is 14.7. The number of anilines is 1. The summed E-state index contributed by atoms with van der Waals surface area (Å²) in [5.41, 5.74) is 0.627. The van der Waals surface area contributed by atoms with Crippen LogP contribution in [-0.2, 0) is 14.4 Å². The molecule has 1 aromatic heterocycles. The molecule has 21 heavy (non-hydrogen) atoms. The first-order valence-electron chi connectivity index (χ1n) is 6.48. The number of amides is 2. The maximum absolute atomic E-state index is 11.8. The van der Waals surface area contributed by atoms with Gasteiger partial charge in [0.15, 0.2) is 0 Å². The Labute approximate surface area is 121 Å². The molecule has 2 amide bonds. The number of hydrogen-bond donors (Lipinski definition) is 2. The molecular formula is C14H15N3O4. The van der Waals surface area contributed by atoms with Crippen molar-refractivity contribution in [2.24, 2.45) is 0 Å². The van der Waals surface area contributed by atoms with Crippen LogP contribution in [0.4, 0.5) is 5.82 Å². The predicted octanol–water partition coefficient (Wildman–Crippen LogP) is 0.421. The van der Waals surface area contributed by atoms with E-state index in [1.54, 1.807) is 17.0 Å². The average molecular weight is 289 g/mol. The standard InChI is InChI=1S/C14H15N3O4/c1-2-10-14(21)16-12(18)8-17(10)11-5-3-9(7-15-11)4-6-13(19)20/h3-7,10H,2,8H2,1H3,(H,19,20)(H,16,18,21)/b6-4+. The number of hydrogen-bond acceptors (Lipinski definition) is 5. The van der Waals surface area contributed by atoms with Crippen molar-refractivity contribution in [3.8, 4) is 0 Å². The maximum atomic E-state index is 11.8. The van der Waals surface area contributed by atoms with Crippen LogP contribution in [0.3, 0.4) is 0 Å². The van der Waals surface area contributed by atoms with Crippen LogP contribution >= 0.6 is 0 Å². The summed E-state index contributed by atoms with van der Waals surface area (Å²) >= 11 is 0. The molecule has 0 bridgehead atoms. The Morgan fingerprint density at radius 2 is 2.29 bits per heavy atom. The zero-order valence-corrected chi connectivity index (χ0v) is 11.4. The molecule has 0 radical (unpaired) electrons. The van der Waals surface area contributed by atoms with Crippen molar-refractivity contribution in [3.05, 3.63) is 30.0 Å². The second kappa shape index (κ2) is 6.17. The SMILES string of the molecule is CCC1C(=O)NC(=O)CN1c1ccc(/C=C/C(=O)O)cn1. The van der Waals surface area contributed by atoms with E-state index in [4.69, 9.17) is 5.11 Å². The molecule has 1 unspecified atom stereocenters. The minimum absolute atomic E-state index is 0.0710. The average Bonchev–Trinajstić information content (AvgIpc) is 2.45. The highest BCUT2D eigenvalue weighted by Crippen LogP contribution is 2.19. The Morgan fingerprint density at radius 1 is 1.52 bits per heavy atom. The molecule has 1 aromatic rings. The van der Waals surface area contributed by atoms with Crippen LogP contribution in [0.2, 0.25) is 0 Å². The molecule has 1 aliphatic rings. The molecule has 1 saturated heterocycles. The molecule has 110 valence electrons. The monoisotopic (exact) mass is 289 g/mol. The number of carboxylic acids is 1. The summed E-state index contributed by atoms with van der Waals surface area (Å²) in [5.74, 6) is -1.22. The number of piperazine rings is 1. The summed E-state index contributed by atoms with van der Waals surface area (Å²) in [6.45, 7) is 1.93. The fourth-order valence-corrected chi connectivity index (χ4v) is 2.15. The molecular weight excluding hydrogens is 274 g/mol. The quantitative estimate of drug-likeness (QED) is 0.615. The number of rotatable bonds is 4. The van der Waals surface area contributed by atoms with Gasteiger partial charge in [0.05, 0.1) is 6.54 Å². The highest BCUT2D eigenvalue weighted by Gasteiger charge is 2.32. The number of pyridine rings is 1. The number of nitrogens with one attached hydrogen (secondary N) is 1. The summed E-state index contributed by atoms with van der Waals surface area (Å²) in [6.07, 6.45) is 4.49. The Bertz CT molecular complexity index is 595. The van der Waals surface area contributed by atoms with Crippen LogP contribution in [-0.4, -0.2) is 40.5 Å². The lowest BCUT2D eigenvalue weighted by atomic mass is 10.1. The van der Waals surface area contributed by atoms with Gasteiger partial charge in [0.1, 0.15) is 11.9 Å². The van der Waals surface area contributed by atoms with Crippen LogP contribution in [0.25, 0.3) is 6.08 Å². The lowest BCUT2D eigenvalue weighted by Gasteiger charge is -2.34. The number of aromatic nitrogens is 1. The van der Waals surface area contributed by atoms with Crippen molar-refractivity contribution in [1.29, 1.82) is 0 Å². The zero-order valence-electron chi connectivity index (χ0n) is 11.4. The van der Waals surface area contributed by atoms with Crippen molar-refractivity contribution in [2.45, 2.75) is 19.4 Å². The van der Waals surface area contributed by atoms with Gasteiger partial charge < -0.3 is 10.0 Å². The van der Waals surface area contributed by atoms with Crippen molar-refractivity contribution in [3.63, 3.8) is 0 Å². The highest BCUT2D eigenvalue weighted by molar-refractivity contribution is 6.04. The molecule has 1 atom stereocenters. The van der Waals surface area contributed by atoms with E-state index in [1.807, 2.05) is 6.92 Å². The molecule has 0 aromatic carbocycles. The number of carboxylic acid groups (broad SMARTS) is 1. The summed E-state index contributed by atoms with van der Waals surface area (Å²) < 4.78 is 0.